The Balaban J connectivity index is 1.32. The van der Waals surface area contributed by atoms with Crippen LogP contribution in [0.25, 0.3) is 10.9 Å². The molecular formula is C41H50N4O6. The standard InChI is InChI=1S/C41H50N4O6/c1-6-39-16-11-19-45-21-17-40(35(39)45)28-22-27(32(49-4)23-31(28)43(3)36(40)41(48,38(47)50-5)37(39)51-24(2)46)33-30-14-9-10-18-44(30)20-15-26-25-12-7-8-13-29(25)42-34(26)33/h7-8,11-13,16,22-23,30,33,35-37,42,48H,6,9-10,14-15,17-21H2,1-5H3. The number of nitrogens with zero attached hydrogens (tertiary/aromatic N) is 3. The highest BCUT2D eigenvalue weighted by Crippen LogP contribution is 2.68. The van der Waals surface area contributed by atoms with Gasteiger partial charge in [0.2, 0.25) is 5.60 Å². The van der Waals surface area contributed by atoms with Crippen molar-refractivity contribution < 1.29 is 28.9 Å². The third kappa shape index (κ3) is 4.15. The molecule has 1 aliphatic carbocycles. The fourth-order valence-corrected chi connectivity index (χ4v) is 12.3. The Bertz CT molecular complexity index is 1960. The summed E-state index contributed by atoms with van der Waals surface area (Å²) in [5.74, 6) is -0.477. The van der Waals surface area contributed by atoms with E-state index in [2.05, 4.69) is 75.2 Å². The SMILES string of the molecule is CCC12C=CCN3CCC4(c5cc(C6c7[nH]c8ccccc8c7CCN7CCCCC67)c(OC)cc5N(C)C4C(O)(C(=O)OC)C1OC(C)=O)C32. The zero-order valence-electron chi connectivity index (χ0n) is 30.4. The average Bonchev–Trinajstić information content (AvgIpc) is 3.75. The van der Waals surface area contributed by atoms with Crippen molar-refractivity contribution in [2.75, 3.05) is 52.3 Å². The van der Waals surface area contributed by atoms with E-state index in [9.17, 15) is 14.7 Å². The number of para-hydroxylation sites is 1. The number of esters is 2. The van der Waals surface area contributed by atoms with Crippen LogP contribution in [0, 0.1) is 5.41 Å². The van der Waals surface area contributed by atoms with Crippen molar-refractivity contribution in [3.8, 4) is 5.75 Å². The summed E-state index contributed by atoms with van der Waals surface area (Å²) < 4.78 is 18.0. The maximum atomic E-state index is 14.2. The number of H-pyrrole nitrogens is 1. The maximum absolute atomic E-state index is 14.2. The summed E-state index contributed by atoms with van der Waals surface area (Å²) in [6, 6.07) is 12.6. The van der Waals surface area contributed by atoms with Crippen LogP contribution in [0.3, 0.4) is 0 Å². The van der Waals surface area contributed by atoms with E-state index in [1.165, 1.54) is 43.5 Å². The second-order valence-corrected chi connectivity index (χ2v) is 15.9. The molecule has 1 spiro atoms. The minimum Gasteiger partial charge on any atom is -0.496 e. The number of aliphatic hydroxyl groups is 1. The largest absolute Gasteiger partial charge is 0.496 e. The molecule has 1 aromatic heterocycles. The molecule has 2 saturated heterocycles. The second kappa shape index (κ2) is 11.6. The van der Waals surface area contributed by atoms with Crippen molar-refractivity contribution in [1.82, 2.24) is 14.8 Å². The van der Waals surface area contributed by atoms with Crippen molar-refractivity contribution in [2.45, 2.75) is 93.5 Å². The highest BCUT2D eigenvalue weighted by molar-refractivity contribution is 5.88. The zero-order valence-corrected chi connectivity index (χ0v) is 30.4. The third-order valence-electron chi connectivity index (χ3n) is 14.0. The number of carbonyl (C=O) groups is 2. The van der Waals surface area contributed by atoms with Gasteiger partial charge >= 0.3 is 11.9 Å². The van der Waals surface area contributed by atoms with Gasteiger partial charge in [-0.2, -0.15) is 0 Å². The molecule has 10 nitrogen and oxygen atoms in total. The number of benzene rings is 2. The first-order chi connectivity index (χ1) is 24.6. The van der Waals surface area contributed by atoms with Crippen LogP contribution in [0.15, 0.2) is 48.6 Å². The molecule has 0 radical (unpaired) electrons. The molecule has 8 unspecified atom stereocenters. The van der Waals surface area contributed by atoms with Gasteiger partial charge in [0.25, 0.3) is 0 Å². The number of piperidine rings is 1. The minimum atomic E-state index is -2.15. The van der Waals surface area contributed by atoms with Gasteiger partial charge in [-0.15, -0.1) is 0 Å². The predicted molar refractivity (Wildman–Crippen MR) is 194 cm³/mol. The molecule has 8 atom stereocenters. The lowest BCUT2D eigenvalue weighted by molar-refractivity contribution is -0.228. The van der Waals surface area contributed by atoms with Crippen molar-refractivity contribution in [3.63, 3.8) is 0 Å². The molecule has 6 heterocycles. The molecule has 2 N–H and O–H groups in total. The number of carbonyl (C=O) groups excluding carboxylic acids is 2. The van der Waals surface area contributed by atoms with E-state index >= 15 is 0 Å². The molecule has 1 saturated carbocycles. The first-order valence-electron chi connectivity index (χ1n) is 18.8. The first kappa shape index (κ1) is 33.0. The number of anilines is 1. The highest BCUT2D eigenvalue weighted by atomic mass is 16.6. The van der Waals surface area contributed by atoms with E-state index in [-0.39, 0.29) is 12.0 Å². The number of hydrogen-bond donors (Lipinski definition) is 2. The lowest BCUT2D eigenvalue weighted by Gasteiger charge is -2.63. The summed E-state index contributed by atoms with van der Waals surface area (Å²) in [7, 11) is 5.02. The van der Waals surface area contributed by atoms with Crippen molar-refractivity contribution in [3.05, 3.63) is 70.9 Å². The van der Waals surface area contributed by atoms with E-state index < -0.39 is 40.5 Å². The third-order valence-corrected chi connectivity index (χ3v) is 14.0. The zero-order chi connectivity index (χ0) is 35.4. The van der Waals surface area contributed by atoms with Gasteiger partial charge in [-0.1, -0.05) is 43.7 Å². The van der Waals surface area contributed by atoms with Gasteiger partial charge in [0.1, 0.15) is 5.75 Å². The molecule has 5 aliphatic heterocycles. The number of methoxy groups -OCH3 is 2. The number of nitrogens with one attached hydrogen (secondary N) is 1. The molecule has 2 aromatic carbocycles. The number of aromatic nitrogens is 1. The maximum Gasteiger partial charge on any atom is 0.344 e. The van der Waals surface area contributed by atoms with Gasteiger partial charge in [0, 0.05) is 89.8 Å². The predicted octanol–water partition coefficient (Wildman–Crippen LogP) is 4.67. The number of aromatic amines is 1. The number of fused-ring (bicyclic) bond motifs is 5. The summed E-state index contributed by atoms with van der Waals surface area (Å²) in [5.41, 5.74) is 3.34. The Kier molecular flexibility index (Phi) is 7.49. The van der Waals surface area contributed by atoms with Crippen LogP contribution in [-0.2, 0) is 30.9 Å². The lowest BCUT2D eigenvalue weighted by Crippen LogP contribution is -2.81. The normalized spacial score (nSPS) is 35.3. The Hall–Kier alpha value is -3.86. The van der Waals surface area contributed by atoms with E-state index in [0.29, 0.717) is 12.5 Å². The Morgan fingerprint density at radius 2 is 1.88 bits per heavy atom. The minimum absolute atomic E-state index is 0.0350. The van der Waals surface area contributed by atoms with Crippen molar-refractivity contribution in [1.29, 1.82) is 0 Å². The number of ether oxygens (including phenoxy) is 3. The topological polar surface area (TPSA) is 108 Å². The lowest BCUT2D eigenvalue weighted by atomic mass is 9.47. The fraction of sp³-hybridized carbons (Fsp3) is 0.561. The Morgan fingerprint density at radius 1 is 1.06 bits per heavy atom. The summed E-state index contributed by atoms with van der Waals surface area (Å²) >= 11 is 0. The van der Waals surface area contributed by atoms with Crippen LogP contribution in [0.2, 0.25) is 0 Å². The van der Waals surface area contributed by atoms with Crippen LogP contribution in [0.5, 0.6) is 5.75 Å². The fourth-order valence-electron chi connectivity index (χ4n) is 12.3. The molecular weight excluding hydrogens is 644 g/mol. The molecule has 51 heavy (non-hydrogen) atoms. The number of rotatable bonds is 5. The van der Waals surface area contributed by atoms with E-state index in [1.807, 2.05) is 7.05 Å². The highest BCUT2D eigenvalue weighted by Gasteiger charge is 2.80. The van der Waals surface area contributed by atoms with Gasteiger partial charge < -0.3 is 29.2 Å². The van der Waals surface area contributed by atoms with Crippen LogP contribution in [-0.4, -0.2) is 109 Å². The average molecular weight is 695 g/mol. The number of likely N-dealkylation sites (N-methyl/N-ethyl adjacent to an activating group) is 1. The van der Waals surface area contributed by atoms with E-state index in [0.717, 1.165) is 73.5 Å². The van der Waals surface area contributed by atoms with Crippen LogP contribution in [0.4, 0.5) is 5.69 Å². The summed E-state index contributed by atoms with van der Waals surface area (Å²) in [6.45, 7) is 7.07. The van der Waals surface area contributed by atoms with Crippen LogP contribution in [0.1, 0.15) is 74.3 Å². The summed E-state index contributed by atoms with van der Waals surface area (Å²) in [6.07, 6.45) is 8.87. The molecule has 0 bridgehead atoms. The number of hydrogen-bond acceptors (Lipinski definition) is 9. The molecule has 6 aliphatic rings. The van der Waals surface area contributed by atoms with Crippen LogP contribution >= 0.6 is 0 Å². The Morgan fingerprint density at radius 3 is 2.65 bits per heavy atom. The smallest absolute Gasteiger partial charge is 0.344 e. The van der Waals surface area contributed by atoms with Gasteiger partial charge in [0.15, 0.2) is 6.10 Å². The molecule has 270 valence electrons. The summed E-state index contributed by atoms with van der Waals surface area (Å²) in [4.78, 5) is 38.2. The molecule has 9 rings (SSSR count). The van der Waals surface area contributed by atoms with Gasteiger partial charge in [0.05, 0.1) is 20.3 Å². The molecule has 0 amide bonds. The van der Waals surface area contributed by atoms with Crippen molar-refractivity contribution in [2.24, 2.45) is 5.41 Å². The molecule has 3 aromatic rings. The van der Waals surface area contributed by atoms with Crippen LogP contribution < -0.4 is 9.64 Å². The Labute approximate surface area is 299 Å². The summed E-state index contributed by atoms with van der Waals surface area (Å²) in [5, 5.41) is 14.5. The molecule has 3 fully saturated rings. The monoisotopic (exact) mass is 694 g/mol. The van der Waals surface area contributed by atoms with Gasteiger partial charge in [-0.25, -0.2) is 4.79 Å². The first-order valence-corrected chi connectivity index (χ1v) is 18.8. The van der Waals surface area contributed by atoms with Gasteiger partial charge in [-0.05, 0) is 68.5 Å². The molecule has 10 heteroatoms. The second-order valence-electron chi connectivity index (χ2n) is 15.9. The van der Waals surface area contributed by atoms with E-state index in [1.54, 1.807) is 7.11 Å². The van der Waals surface area contributed by atoms with Crippen molar-refractivity contribution >= 4 is 28.5 Å². The quantitative estimate of drug-likeness (QED) is 0.291. The van der Waals surface area contributed by atoms with Gasteiger partial charge in [-0.3, -0.25) is 14.6 Å². The van der Waals surface area contributed by atoms with E-state index in [4.69, 9.17) is 14.2 Å².